The highest BCUT2D eigenvalue weighted by molar-refractivity contribution is 5.97. The first-order valence-corrected chi connectivity index (χ1v) is 7.91. The van der Waals surface area contributed by atoms with Crippen molar-refractivity contribution in [3.63, 3.8) is 0 Å². The smallest absolute Gasteiger partial charge is 0.248 e. The Morgan fingerprint density at radius 2 is 1.96 bits per heavy atom. The van der Waals surface area contributed by atoms with Crippen LogP contribution in [0.25, 0.3) is 11.0 Å². The molecule has 4 rings (SSSR count). The van der Waals surface area contributed by atoms with Gasteiger partial charge in [0, 0.05) is 30.9 Å². The summed E-state index contributed by atoms with van der Waals surface area (Å²) in [5.74, 6) is 0.733. The lowest BCUT2D eigenvalue weighted by Gasteiger charge is -2.29. The van der Waals surface area contributed by atoms with E-state index in [2.05, 4.69) is 20.4 Å². The van der Waals surface area contributed by atoms with E-state index in [4.69, 9.17) is 0 Å². The highest BCUT2D eigenvalue weighted by Gasteiger charge is 2.24. The number of nitrogens with zero attached hydrogens (tertiary/aromatic N) is 5. The van der Waals surface area contributed by atoms with Crippen LogP contribution in [-0.2, 0) is 11.3 Å². The van der Waals surface area contributed by atoms with Crippen molar-refractivity contribution in [1.29, 1.82) is 0 Å². The van der Waals surface area contributed by atoms with Crippen LogP contribution in [0.4, 0.5) is 11.5 Å². The number of rotatable bonds is 2. The summed E-state index contributed by atoms with van der Waals surface area (Å²) in [6.07, 6.45) is 5.34. The first kappa shape index (κ1) is 14.6. The fourth-order valence-corrected chi connectivity index (χ4v) is 2.97. The number of aryl methyl sites for hydroxylation is 2. The minimum Gasteiger partial charge on any atom is -0.367 e. The number of hydrogen-bond donors (Lipinski definition) is 1. The number of pyridine rings is 2. The average molecular weight is 322 g/mol. The number of anilines is 2. The third-order valence-electron chi connectivity index (χ3n) is 4.12. The zero-order valence-corrected chi connectivity index (χ0v) is 13.7. The number of nitrogens with one attached hydrogen (secondary N) is 1. The topological polar surface area (TPSA) is 75.9 Å². The van der Waals surface area contributed by atoms with Crippen molar-refractivity contribution in [2.24, 2.45) is 0 Å². The van der Waals surface area contributed by atoms with Gasteiger partial charge in [-0.2, -0.15) is 5.10 Å². The summed E-state index contributed by atoms with van der Waals surface area (Å²) in [6.45, 7) is 5.42. The van der Waals surface area contributed by atoms with Gasteiger partial charge in [0.2, 0.25) is 5.91 Å². The van der Waals surface area contributed by atoms with Crippen LogP contribution in [0.3, 0.4) is 0 Å². The van der Waals surface area contributed by atoms with E-state index < -0.39 is 0 Å². The molecular weight excluding hydrogens is 304 g/mol. The minimum atomic E-state index is -0.0162. The standard InChI is InChI=1S/C17H18N6O/c1-11-5-13-9-21-23(17(13)20-8-11)10-15(24)22-4-3-18-16-14(22)6-12(2)7-19-16/h5-9H,3-4,10H2,1-2H3,(H,18,19). The Balaban J connectivity index is 1.64. The maximum atomic E-state index is 12.8. The normalized spacial score (nSPS) is 13.7. The number of carbonyl (C=O) groups excluding carboxylic acids is 1. The third-order valence-corrected chi connectivity index (χ3v) is 4.12. The van der Waals surface area contributed by atoms with Crippen molar-refractivity contribution in [2.45, 2.75) is 20.4 Å². The van der Waals surface area contributed by atoms with E-state index in [0.717, 1.165) is 33.7 Å². The Morgan fingerprint density at radius 1 is 1.17 bits per heavy atom. The predicted molar refractivity (Wildman–Crippen MR) is 92.1 cm³/mol. The SMILES string of the molecule is Cc1cnc2c(c1)N(C(=O)Cn1ncc3cc(C)cnc31)CCN2. The molecule has 3 aromatic heterocycles. The quantitative estimate of drug-likeness (QED) is 0.780. The summed E-state index contributed by atoms with van der Waals surface area (Å²) in [6, 6.07) is 4.00. The molecule has 24 heavy (non-hydrogen) atoms. The van der Waals surface area contributed by atoms with E-state index in [-0.39, 0.29) is 12.5 Å². The van der Waals surface area contributed by atoms with E-state index in [1.807, 2.05) is 26.0 Å². The lowest BCUT2D eigenvalue weighted by atomic mass is 10.2. The van der Waals surface area contributed by atoms with Gasteiger partial charge in [-0.15, -0.1) is 0 Å². The predicted octanol–water partition coefficient (Wildman–Crippen LogP) is 1.90. The minimum absolute atomic E-state index is 0.0162. The molecule has 0 bridgehead atoms. The molecule has 0 unspecified atom stereocenters. The van der Waals surface area contributed by atoms with E-state index in [0.29, 0.717) is 13.1 Å². The van der Waals surface area contributed by atoms with Gasteiger partial charge in [0.15, 0.2) is 5.65 Å². The maximum absolute atomic E-state index is 12.8. The third kappa shape index (κ3) is 2.47. The van der Waals surface area contributed by atoms with Crippen molar-refractivity contribution < 1.29 is 4.79 Å². The summed E-state index contributed by atoms with van der Waals surface area (Å²) in [7, 11) is 0. The largest absolute Gasteiger partial charge is 0.367 e. The molecule has 122 valence electrons. The monoisotopic (exact) mass is 322 g/mol. The molecule has 4 heterocycles. The second-order valence-electron chi connectivity index (χ2n) is 6.08. The van der Waals surface area contributed by atoms with Gasteiger partial charge in [0.1, 0.15) is 12.4 Å². The molecule has 0 atom stereocenters. The van der Waals surface area contributed by atoms with Gasteiger partial charge < -0.3 is 10.2 Å². The fraction of sp³-hybridized carbons (Fsp3) is 0.294. The molecule has 1 aliphatic rings. The van der Waals surface area contributed by atoms with Crippen LogP contribution in [0.1, 0.15) is 11.1 Å². The van der Waals surface area contributed by atoms with Crippen molar-refractivity contribution in [1.82, 2.24) is 19.7 Å². The van der Waals surface area contributed by atoms with Crippen LogP contribution in [0, 0.1) is 13.8 Å². The van der Waals surface area contributed by atoms with Crippen LogP contribution in [0.5, 0.6) is 0 Å². The first-order chi connectivity index (χ1) is 11.6. The molecule has 1 amide bonds. The Labute approximate surface area is 139 Å². The van der Waals surface area contributed by atoms with Gasteiger partial charge in [-0.25, -0.2) is 14.6 Å². The molecule has 1 N–H and O–H groups in total. The van der Waals surface area contributed by atoms with E-state index in [1.165, 1.54) is 0 Å². The second-order valence-corrected chi connectivity index (χ2v) is 6.08. The lowest BCUT2D eigenvalue weighted by molar-refractivity contribution is -0.119. The van der Waals surface area contributed by atoms with E-state index >= 15 is 0 Å². The van der Waals surface area contributed by atoms with Crippen molar-refractivity contribution in [2.75, 3.05) is 23.3 Å². The van der Waals surface area contributed by atoms with Crippen LogP contribution >= 0.6 is 0 Å². The molecule has 0 aliphatic carbocycles. The number of amides is 1. The van der Waals surface area contributed by atoms with Crippen LogP contribution in [-0.4, -0.2) is 38.7 Å². The molecule has 1 aliphatic heterocycles. The number of aromatic nitrogens is 4. The van der Waals surface area contributed by atoms with Gasteiger partial charge >= 0.3 is 0 Å². The number of carbonyl (C=O) groups is 1. The van der Waals surface area contributed by atoms with Gasteiger partial charge in [0.05, 0.1) is 11.9 Å². The van der Waals surface area contributed by atoms with Gasteiger partial charge in [0.25, 0.3) is 0 Å². The molecule has 7 nitrogen and oxygen atoms in total. The van der Waals surface area contributed by atoms with E-state index in [1.54, 1.807) is 28.2 Å². The highest BCUT2D eigenvalue weighted by atomic mass is 16.2. The molecule has 0 saturated heterocycles. The summed E-state index contributed by atoms with van der Waals surface area (Å²) in [4.78, 5) is 23.4. The Morgan fingerprint density at radius 3 is 2.83 bits per heavy atom. The zero-order valence-electron chi connectivity index (χ0n) is 13.7. The van der Waals surface area contributed by atoms with Crippen LogP contribution in [0.15, 0.2) is 30.7 Å². The summed E-state index contributed by atoms with van der Waals surface area (Å²) >= 11 is 0. The van der Waals surface area contributed by atoms with Gasteiger partial charge in [-0.3, -0.25) is 4.79 Å². The highest BCUT2D eigenvalue weighted by Crippen LogP contribution is 2.28. The van der Waals surface area contributed by atoms with Crippen LogP contribution < -0.4 is 10.2 Å². The number of hydrogen-bond acceptors (Lipinski definition) is 5. The molecule has 0 spiro atoms. The van der Waals surface area contributed by atoms with Crippen molar-refractivity contribution >= 4 is 28.4 Å². The summed E-state index contributed by atoms with van der Waals surface area (Å²) < 4.78 is 1.65. The first-order valence-electron chi connectivity index (χ1n) is 7.91. The maximum Gasteiger partial charge on any atom is 0.248 e. The molecular formula is C17H18N6O. The van der Waals surface area contributed by atoms with E-state index in [9.17, 15) is 4.79 Å². The van der Waals surface area contributed by atoms with Gasteiger partial charge in [-0.05, 0) is 37.1 Å². The summed E-state index contributed by atoms with van der Waals surface area (Å²) in [5, 5.41) is 8.50. The van der Waals surface area contributed by atoms with Crippen molar-refractivity contribution in [3.8, 4) is 0 Å². The summed E-state index contributed by atoms with van der Waals surface area (Å²) in [5.41, 5.74) is 3.65. The van der Waals surface area contributed by atoms with Crippen molar-refractivity contribution in [3.05, 3.63) is 41.9 Å². The molecule has 0 radical (unpaired) electrons. The number of fused-ring (bicyclic) bond motifs is 2. The molecule has 0 aromatic carbocycles. The van der Waals surface area contributed by atoms with Gasteiger partial charge in [-0.1, -0.05) is 0 Å². The Kier molecular flexibility index (Phi) is 3.41. The molecule has 0 saturated carbocycles. The fourth-order valence-electron chi connectivity index (χ4n) is 2.97. The average Bonchev–Trinajstić information content (AvgIpc) is 2.96. The van der Waals surface area contributed by atoms with Crippen LogP contribution in [0.2, 0.25) is 0 Å². The second kappa shape index (κ2) is 5.59. The lowest BCUT2D eigenvalue weighted by Crippen LogP contribution is -2.41. The molecule has 7 heteroatoms. The Bertz CT molecular complexity index is 932. The molecule has 0 fully saturated rings. The molecule has 3 aromatic rings. The zero-order chi connectivity index (χ0) is 16.7. The Hall–Kier alpha value is -2.96.